The summed E-state index contributed by atoms with van der Waals surface area (Å²) >= 11 is 6.94. The molecule has 0 aliphatic carbocycles. The molecule has 0 spiro atoms. The van der Waals surface area contributed by atoms with E-state index in [1.54, 1.807) is 13.0 Å². The van der Waals surface area contributed by atoms with Crippen LogP contribution in [0.5, 0.6) is 0 Å². The van der Waals surface area contributed by atoms with Crippen molar-refractivity contribution >= 4 is 28.7 Å². The molecule has 0 saturated heterocycles. The van der Waals surface area contributed by atoms with Gasteiger partial charge in [0, 0.05) is 11.6 Å². The van der Waals surface area contributed by atoms with E-state index in [1.165, 1.54) is 0 Å². The van der Waals surface area contributed by atoms with Crippen molar-refractivity contribution in [1.29, 1.82) is 0 Å². The zero-order valence-corrected chi connectivity index (χ0v) is 10.3. The zero-order chi connectivity index (χ0) is 12.6. The summed E-state index contributed by atoms with van der Waals surface area (Å²) in [6.07, 6.45) is 0. The number of halogens is 3. The number of hydrogen-bond acceptors (Lipinski definition) is 2. The van der Waals surface area contributed by atoms with Gasteiger partial charge in [-0.1, -0.05) is 11.6 Å². The molecule has 0 amide bonds. The van der Waals surface area contributed by atoms with Gasteiger partial charge in [-0.25, -0.2) is 8.78 Å². The summed E-state index contributed by atoms with van der Waals surface area (Å²) in [5.74, 6) is -1.97. The third-order valence-corrected chi connectivity index (χ3v) is 3.76. The highest BCUT2D eigenvalue weighted by Crippen LogP contribution is 2.28. The van der Waals surface area contributed by atoms with Crippen molar-refractivity contribution in [3.05, 3.63) is 56.2 Å². The van der Waals surface area contributed by atoms with Gasteiger partial charge in [0.1, 0.15) is 11.6 Å². The second kappa shape index (κ2) is 4.55. The van der Waals surface area contributed by atoms with Gasteiger partial charge >= 0.3 is 0 Å². The molecule has 1 heterocycles. The Labute approximate surface area is 106 Å². The van der Waals surface area contributed by atoms with Crippen LogP contribution in [0.1, 0.15) is 20.8 Å². The number of carbonyl (C=O) groups is 1. The normalized spacial score (nSPS) is 10.6. The highest BCUT2D eigenvalue weighted by molar-refractivity contribution is 7.18. The second-order valence-corrected chi connectivity index (χ2v) is 5.21. The van der Waals surface area contributed by atoms with Crippen LogP contribution in [0.25, 0.3) is 0 Å². The van der Waals surface area contributed by atoms with Crippen molar-refractivity contribution in [1.82, 2.24) is 0 Å². The number of aryl methyl sites for hydroxylation is 1. The standard InChI is InChI=1S/C12H7ClF2OS/c1-6-2-10(17-12(6)13)11(16)7-3-8(14)5-9(15)4-7/h2-5H,1H3. The molecule has 0 radical (unpaired) electrons. The molecule has 0 saturated carbocycles. The number of ketones is 1. The maximum atomic E-state index is 13.0. The van der Waals surface area contributed by atoms with Crippen LogP contribution in [0.2, 0.25) is 4.34 Å². The number of benzene rings is 1. The lowest BCUT2D eigenvalue weighted by Gasteiger charge is -1.98. The average Bonchev–Trinajstić information content (AvgIpc) is 2.57. The van der Waals surface area contributed by atoms with Gasteiger partial charge in [0.15, 0.2) is 0 Å². The molecule has 0 unspecified atom stereocenters. The van der Waals surface area contributed by atoms with Gasteiger partial charge in [0.25, 0.3) is 0 Å². The maximum Gasteiger partial charge on any atom is 0.203 e. The van der Waals surface area contributed by atoms with Gasteiger partial charge in [-0.2, -0.15) is 0 Å². The first-order valence-corrected chi connectivity index (χ1v) is 5.93. The summed E-state index contributed by atoms with van der Waals surface area (Å²) in [6, 6.07) is 4.35. The van der Waals surface area contributed by atoms with E-state index in [0.717, 1.165) is 35.1 Å². The lowest BCUT2D eigenvalue weighted by Crippen LogP contribution is -2.00. The summed E-state index contributed by atoms with van der Waals surface area (Å²) in [4.78, 5) is 12.3. The smallest absolute Gasteiger partial charge is 0.203 e. The monoisotopic (exact) mass is 272 g/mol. The summed E-state index contributed by atoms with van der Waals surface area (Å²) in [7, 11) is 0. The van der Waals surface area contributed by atoms with E-state index in [-0.39, 0.29) is 5.56 Å². The molecule has 17 heavy (non-hydrogen) atoms. The van der Waals surface area contributed by atoms with Crippen LogP contribution in [0.3, 0.4) is 0 Å². The Bertz CT molecular complexity index is 552. The fraction of sp³-hybridized carbons (Fsp3) is 0.0833. The van der Waals surface area contributed by atoms with E-state index in [2.05, 4.69) is 0 Å². The molecule has 2 rings (SSSR count). The first kappa shape index (κ1) is 12.2. The average molecular weight is 273 g/mol. The van der Waals surface area contributed by atoms with Crippen LogP contribution in [-0.4, -0.2) is 5.78 Å². The van der Waals surface area contributed by atoms with E-state index < -0.39 is 17.4 Å². The molecule has 0 atom stereocenters. The third kappa shape index (κ3) is 2.53. The minimum absolute atomic E-state index is 0.0135. The van der Waals surface area contributed by atoms with Crippen molar-refractivity contribution in [2.24, 2.45) is 0 Å². The Hall–Kier alpha value is -1.26. The first-order valence-electron chi connectivity index (χ1n) is 4.74. The van der Waals surface area contributed by atoms with E-state index in [9.17, 15) is 13.6 Å². The van der Waals surface area contributed by atoms with Crippen molar-refractivity contribution in [3.63, 3.8) is 0 Å². The predicted molar refractivity (Wildman–Crippen MR) is 63.9 cm³/mol. The van der Waals surface area contributed by atoms with Crippen molar-refractivity contribution in [2.75, 3.05) is 0 Å². The Morgan fingerprint density at radius 2 is 1.76 bits per heavy atom. The molecule has 0 fully saturated rings. The lowest BCUT2D eigenvalue weighted by molar-refractivity contribution is 0.104. The Morgan fingerprint density at radius 3 is 2.24 bits per heavy atom. The highest BCUT2D eigenvalue weighted by atomic mass is 35.5. The van der Waals surface area contributed by atoms with Crippen LogP contribution in [0.15, 0.2) is 24.3 Å². The molecule has 0 aliphatic rings. The molecule has 1 nitrogen and oxygen atoms in total. The molecule has 1 aromatic heterocycles. The summed E-state index contributed by atoms with van der Waals surface area (Å²) in [6.45, 7) is 1.77. The van der Waals surface area contributed by atoms with Crippen molar-refractivity contribution in [2.45, 2.75) is 6.92 Å². The molecule has 5 heteroatoms. The minimum atomic E-state index is -0.771. The molecular weight excluding hydrogens is 266 g/mol. The Balaban J connectivity index is 2.43. The number of carbonyl (C=O) groups excluding carboxylic acids is 1. The van der Waals surface area contributed by atoms with Crippen LogP contribution >= 0.6 is 22.9 Å². The summed E-state index contributed by atoms with van der Waals surface area (Å²) in [5.41, 5.74) is 0.761. The Morgan fingerprint density at radius 1 is 1.18 bits per heavy atom. The van der Waals surface area contributed by atoms with Crippen molar-refractivity contribution in [3.8, 4) is 0 Å². The Kier molecular flexibility index (Phi) is 3.26. The first-order chi connectivity index (χ1) is 7.97. The molecule has 1 aromatic carbocycles. The predicted octanol–water partition coefficient (Wildman–Crippen LogP) is 4.22. The van der Waals surface area contributed by atoms with E-state index >= 15 is 0 Å². The molecule has 2 aromatic rings. The molecular formula is C12H7ClF2OS. The third-order valence-electron chi connectivity index (χ3n) is 2.21. The second-order valence-electron chi connectivity index (χ2n) is 3.55. The van der Waals surface area contributed by atoms with Gasteiger partial charge < -0.3 is 0 Å². The zero-order valence-electron chi connectivity index (χ0n) is 8.76. The topological polar surface area (TPSA) is 17.1 Å². The maximum absolute atomic E-state index is 13.0. The largest absolute Gasteiger partial charge is 0.288 e. The van der Waals surface area contributed by atoms with Crippen molar-refractivity contribution < 1.29 is 13.6 Å². The fourth-order valence-electron chi connectivity index (χ4n) is 1.40. The van der Waals surface area contributed by atoms with Crippen LogP contribution in [-0.2, 0) is 0 Å². The van der Waals surface area contributed by atoms with Crippen LogP contribution < -0.4 is 0 Å². The van der Waals surface area contributed by atoms with Crippen LogP contribution in [0, 0.1) is 18.6 Å². The molecule has 88 valence electrons. The molecule has 0 aliphatic heterocycles. The molecule has 0 N–H and O–H groups in total. The van der Waals surface area contributed by atoms with Gasteiger partial charge in [-0.05, 0) is 30.7 Å². The van der Waals surface area contributed by atoms with Gasteiger partial charge in [0.2, 0.25) is 5.78 Å². The lowest BCUT2D eigenvalue weighted by atomic mass is 10.1. The summed E-state index contributed by atoms with van der Waals surface area (Å²) < 4.78 is 26.5. The SMILES string of the molecule is Cc1cc(C(=O)c2cc(F)cc(F)c2)sc1Cl. The number of hydrogen-bond donors (Lipinski definition) is 0. The van der Waals surface area contributed by atoms with Gasteiger partial charge in [-0.15, -0.1) is 11.3 Å². The van der Waals surface area contributed by atoms with E-state index in [4.69, 9.17) is 11.6 Å². The van der Waals surface area contributed by atoms with Crippen LogP contribution in [0.4, 0.5) is 8.78 Å². The number of rotatable bonds is 2. The highest BCUT2D eigenvalue weighted by Gasteiger charge is 2.15. The fourth-order valence-corrected chi connectivity index (χ4v) is 2.56. The van der Waals surface area contributed by atoms with Gasteiger partial charge in [0.05, 0.1) is 9.21 Å². The van der Waals surface area contributed by atoms with E-state index in [1.807, 2.05) is 0 Å². The number of thiophene rings is 1. The van der Waals surface area contributed by atoms with Gasteiger partial charge in [-0.3, -0.25) is 4.79 Å². The molecule has 0 bridgehead atoms. The quantitative estimate of drug-likeness (QED) is 0.748. The summed E-state index contributed by atoms with van der Waals surface area (Å²) in [5, 5.41) is 0. The minimum Gasteiger partial charge on any atom is -0.288 e. The van der Waals surface area contributed by atoms with E-state index in [0.29, 0.717) is 9.21 Å².